The van der Waals surface area contributed by atoms with Crippen LogP contribution in [-0.2, 0) is 9.59 Å². The van der Waals surface area contributed by atoms with E-state index in [1.54, 1.807) is 21.9 Å². The van der Waals surface area contributed by atoms with Gasteiger partial charge in [-0.1, -0.05) is 0 Å². The van der Waals surface area contributed by atoms with Crippen molar-refractivity contribution < 1.29 is 36.7 Å². The maximum absolute atomic E-state index is 13.1. The van der Waals surface area contributed by atoms with Crippen molar-refractivity contribution in [3.63, 3.8) is 0 Å². The van der Waals surface area contributed by atoms with Crippen molar-refractivity contribution in [1.29, 1.82) is 0 Å². The molecule has 0 radical (unpaired) electrons. The normalized spacial score (nSPS) is 19.0. The molecule has 1 N–H and O–H groups in total. The molecule has 9 nitrogen and oxygen atoms in total. The summed E-state index contributed by atoms with van der Waals surface area (Å²) >= 11 is 0. The summed E-state index contributed by atoms with van der Waals surface area (Å²) in [5, 5.41) is 2.64. The molecule has 0 bridgehead atoms. The lowest BCUT2D eigenvalue weighted by molar-refractivity contribution is -0.274. The van der Waals surface area contributed by atoms with Gasteiger partial charge in [-0.3, -0.25) is 19.3 Å². The van der Waals surface area contributed by atoms with Crippen LogP contribution in [0, 0.1) is 0 Å². The van der Waals surface area contributed by atoms with Gasteiger partial charge in [0.1, 0.15) is 11.8 Å². The van der Waals surface area contributed by atoms with E-state index in [2.05, 4.69) is 10.1 Å². The smallest absolute Gasteiger partial charge is 0.459 e. The Hall–Kier alpha value is -3.54. The fraction of sp³-hybridized carbons (Fsp3) is 0.435. The van der Waals surface area contributed by atoms with Gasteiger partial charge in [0.15, 0.2) is 5.76 Å². The number of amides is 3. The van der Waals surface area contributed by atoms with E-state index in [1.807, 2.05) is 4.90 Å². The first kappa shape index (κ1) is 24.6. The first-order valence-corrected chi connectivity index (χ1v) is 11.2. The number of nitrogens with one attached hydrogen (secondary N) is 1. The molecule has 3 amide bonds. The SMILES string of the molecule is O=C(CN1CCN(C(=O)C2CCCN2C(=O)c2ccco2)CC1)Nc1ccc(OC(F)(F)F)cc1. The number of anilines is 1. The van der Waals surface area contributed by atoms with E-state index in [9.17, 15) is 27.6 Å². The molecule has 2 aliphatic rings. The van der Waals surface area contributed by atoms with Gasteiger partial charge < -0.3 is 24.3 Å². The molecule has 2 saturated heterocycles. The average Bonchev–Trinajstić information content (AvgIpc) is 3.52. The quantitative estimate of drug-likeness (QED) is 0.664. The zero-order valence-electron chi connectivity index (χ0n) is 18.8. The van der Waals surface area contributed by atoms with E-state index in [4.69, 9.17) is 4.42 Å². The summed E-state index contributed by atoms with van der Waals surface area (Å²) in [4.78, 5) is 43.3. The molecule has 188 valence electrons. The topological polar surface area (TPSA) is 95.3 Å². The van der Waals surface area contributed by atoms with Gasteiger partial charge in [-0.05, 0) is 49.2 Å². The zero-order valence-corrected chi connectivity index (χ0v) is 18.8. The third-order valence-corrected chi connectivity index (χ3v) is 5.95. The summed E-state index contributed by atoms with van der Waals surface area (Å²) in [5.41, 5.74) is 0.348. The molecule has 35 heavy (non-hydrogen) atoms. The summed E-state index contributed by atoms with van der Waals surface area (Å²) in [6, 6.07) is 7.59. The van der Waals surface area contributed by atoms with Crippen molar-refractivity contribution in [2.45, 2.75) is 25.2 Å². The molecule has 1 atom stereocenters. The van der Waals surface area contributed by atoms with E-state index in [1.165, 1.54) is 18.4 Å². The van der Waals surface area contributed by atoms with Gasteiger partial charge in [0.25, 0.3) is 5.91 Å². The van der Waals surface area contributed by atoms with E-state index >= 15 is 0 Å². The van der Waals surface area contributed by atoms with Gasteiger partial charge in [0, 0.05) is 38.4 Å². The molecule has 12 heteroatoms. The third kappa shape index (κ3) is 6.32. The van der Waals surface area contributed by atoms with Gasteiger partial charge in [-0.25, -0.2) is 0 Å². The number of hydrogen-bond acceptors (Lipinski definition) is 6. The molecule has 1 unspecified atom stereocenters. The predicted octanol–water partition coefficient (Wildman–Crippen LogP) is 2.57. The lowest BCUT2D eigenvalue weighted by atomic mass is 10.1. The minimum atomic E-state index is -4.78. The molecular formula is C23H25F3N4O5. The van der Waals surface area contributed by atoms with Crippen LogP contribution in [0.5, 0.6) is 5.75 Å². The van der Waals surface area contributed by atoms with Crippen molar-refractivity contribution in [1.82, 2.24) is 14.7 Å². The third-order valence-electron chi connectivity index (χ3n) is 5.95. The molecule has 2 fully saturated rings. The Labute approximate surface area is 199 Å². The van der Waals surface area contributed by atoms with Gasteiger partial charge >= 0.3 is 6.36 Å². The van der Waals surface area contributed by atoms with Crippen LogP contribution in [0.1, 0.15) is 23.4 Å². The molecule has 2 aliphatic heterocycles. The Balaban J connectivity index is 1.24. The van der Waals surface area contributed by atoms with Gasteiger partial charge in [0.2, 0.25) is 11.8 Å². The predicted molar refractivity (Wildman–Crippen MR) is 118 cm³/mol. The summed E-state index contributed by atoms with van der Waals surface area (Å²) in [6.07, 6.45) is -2.01. The molecule has 0 spiro atoms. The number of carbonyl (C=O) groups excluding carboxylic acids is 3. The molecule has 1 aromatic carbocycles. The van der Waals surface area contributed by atoms with Crippen LogP contribution < -0.4 is 10.1 Å². The summed E-state index contributed by atoms with van der Waals surface area (Å²) in [7, 11) is 0. The van der Waals surface area contributed by atoms with E-state index < -0.39 is 12.4 Å². The fourth-order valence-electron chi connectivity index (χ4n) is 4.29. The lowest BCUT2D eigenvalue weighted by Gasteiger charge is -2.37. The van der Waals surface area contributed by atoms with Crippen molar-refractivity contribution >= 4 is 23.4 Å². The maximum Gasteiger partial charge on any atom is 0.573 e. The van der Waals surface area contributed by atoms with Crippen LogP contribution in [0.25, 0.3) is 0 Å². The molecule has 4 rings (SSSR count). The summed E-state index contributed by atoms with van der Waals surface area (Å²) in [5.74, 6) is -0.877. The van der Waals surface area contributed by atoms with Crippen LogP contribution in [0.4, 0.5) is 18.9 Å². The standard InChI is InChI=1S/C23H25F3N4O5/c24-23(25,26)35-17-7-5-16(6-8-17)27-20(31)15-28-10-12-29(13-11-28)21(32)18-3-1-9-30(18)22(33)19-4-2-14-34-19/h2,4-8,14,18H,1,3,9-13,15H2,(H,27,31). The number of likely N-dealkylation sites (tertiary alicyclic amines) is 1. The number of halogens is 3. The van der Waals surface area contributed by atoms with Crippen LogP contribution in [0.15, 0.2) is 47.1 Å². The highest BCUT2D eigenvalue weighted by Crippen LogP contribution is 2.25. The fourth-order valence-corrected chi connectivity index (χ4v) is 4.29. The Bertz CT molecular complexity index is 1030. The van der Waals surface area contributed by atoms with E-state index in [-0.39, 0.29) is 35.8 Å². The minimum absolute atomic E-state index is 0.0787. The van der Waals surface area contributed by atoms with Crippen molar-refractivity contribution in [3.05, 3.63) is 48.4 Å². The molecule has 2 aromatic rings. The summed E-state index contributed by atoms with van der Waals surface area (Å²) < 4.78 is 45.7. The molecule has 1 aromatic heterocycles. The lowest BCUT2D eigenvalue weighted by Crippen LogP contribution is -2.55. The highest BCUT2D eigenvalue weighted by molar-refractivity contribution is 5.96. The summed E-state index contributed by atoms with van der Waals surface area (Å²) in [6.45, 7) is 2.39. The van der Waals surface area contributed by atoms with Crippen LogP contribution in [0.3, 0.4) is 0 Å². The maximum atomic E-state index is 13.1. The molecule has 0 saturated carbocycles. The molecular weight excluding hydrogens is 469 g/mol. The first-order valence-electron chi connectivity index (χ1n) is 11.2. The van der Waals surface area contributed by atoms with Gasteiger partial charge in [0.05, 0.1) is 12.8 Å². The van der Waals surface area contributed by atoms with Crippen LogP contribution in [0.2, 0.25) is 0 Å². The number of carbonyl (C=O) groups is 3. The molecule has 3 heterocycles. The highest BCUT2D eigenvalue weighted by Gasteiger charge is 2.38. The Morgan fingerprint density at radius 3 is 2.37 bits per heavy atom. The van der Waals surface area contributed by atoms with Crippen LogP contribution in [-0.4, -0.2) is 84.1 Å². The highest BCUT2D eigenvalue weighted by atomic mass is 19.4. The second kappa shape index (κ2) is 10.4. The number of ether oxygens (including phenoxy) is 1. The van der Waals surface area contributed by atoms with Gasteiger partial charge in [-0.2, -0.15) is 0 Å². The number of benzene rings is 1. The largest absolute Gasteiger partial charge is 0.573 e. The average molecular weight is 494 g/mol. The number of piperazine rings is 1. The van der Waals surface area contributed by atoms with Gasteiger partial charge in [-0.15, -0.1) is 13.2 Å². The van der Waals surface area contributed by atoms with Crippen molar-refractivity contribution in [3.8, 4) is 5.75 Å². The molecule has 0 aliphatic carbocycles. The van der Waals surface area contributed by atoms with Crippen molar-refractivity contribution in [2.24, 2.45) is 0 Å². The Morgan fingerprint density at radius 1 is 1.03 bits per heavy atom. The number of hydrogen-bond donors (Lipinski definition) is 1. The monoisotopic (exact) mass is 494 g/mol. The minimum Gasteiger partial charge on any atom is -0.459 e. The second-order valence-electron chi connectivity index (χ2n) is 8.36. The zero-order chi connectivity index (χ0) is 25.0. The number of furan rings is 1. The van der Waals surface area contributed by atoms with Crippen molar-refractivity contribution in [2.75, 3.05) is 44.6 Å². The van der Waals surface area contributed by atoms with E-state index in [0.29, 0.717) is 44.8 Å². The Morgan fingerprint density at radius 2 is 1.74 bits per heavy atom. The number of alkyl halides is 3. The second-order valence-corrected chi connectivity index (χ2v) is 8.36. The van der Waals surface area contributed by atoms with Crippen LogP contribution >= 0.6 is 0 Å². The Kier molecular flexibility index (Phi) is 7.29. The number of nitrogens with zero attached hydrogens (tertiary/aromatic N) is 3. The number of rotatable bonds is 6. The van der Waals surface area contributed by atoms with E-state index in [0.717, 1.165) is 18.6 Å². The first-order chi connectivity index (χ1) is 16.7.